The summed E-state index contributed by atoms with van der Waals surface area (Å²) in [5.41, 5.74) is 7.18. The Labute approximate surface area is 135 Å². The van der Waals surface area contributed by atoms with Crippen LogP contribution in [0.5, 0.6) is 0 Å². The van der Waals surface area contributed by atoms with E-state index in [4.69, 9.17) is 5.73 Å². The van der Waals surface area contributed by atoms with Crippen LogP contribution in [0.25, 0.3) is 0 Å². The third-order valence-corrected chi connectivity index (χ3v) is 4.35. The van der Waals surface area contributed by atoms with E-state index in [1.165, 1.54) is 12.8 Å². The van der Waals surface area contributed by atoms with Gasteiger partial charge in [0.15, 0.2) is 0 Å². The van der Waals surface area contributed by atoms with E-state index in [1.807, 2.05) is 24.3 Å². The molecule has 0 spiro atoms. The lowest BCUT2D eigenvalue weighted by molar-refractivity contribution is -0.122. The Morgan fingerprint density at radius 1 is 1.25 bits per heavy atom. The van der Waals surface area contributed by atoms with Crippen molar-refractivity contribution in [3.8, 4) is 0 Å². The maximum atomic E-state index is 11.9. The number of rotatable bonds is 4. The first-order valence-electron chi connectivity index (χ1n) is 6.92. The highest BCUT2D eigenvalue weighted by Crippen LogP contribution is 2.25. The summed E-state index contributed by atoms with van der Waals surface area (Å²) in [6.45, 7) is 0.591. The molecule has 2 rings (SSSR count). The van der Waals surface area contributed by atoms with Crippen LogP contribution in [0.15, 0.2) is 28.7 Å². The van der Waals surface area contributed by atoms with Crippen molar-refractivity contribution in [2.45, 2.75) is 44.7 Å². The summed E-state index contributed by atoms with van der Waals surface area (Å²) in [5, 5.41) is 2.98. The molecular formula is C15H22BrClN2O. The number of hydrogen-bond acceptors (Lipinski definition) is 2. The van der Waals surface area contributed by atoms with E-state index in [-0.39, 0.29) is 24.4 Å². The largest absolute Gasteiger partial charge is 0.352 e. The molecule has 1 saturated carbocycles. The van der Waals surface area contributed by atoms with Crippen LogP contribution in [0.1, 0.15) is 37.7 Å². The average molecular weight is 362 g/mol. The predicted octanol–water partition coefficient (Wildman–Crippen LogP) is 3.39. The Kier molecular flexibility index (Phi) is 7.56. The van der Waals surface area contributed by atoms with Crippen molar-refractivity contribution in [2.24, 2.45) is 11.7 Å². The van der Waals surface area contributed by atoms with Crippen molar-refractivity contribution in [3.63, 3.8) is 0 Å². The van der Waals surface area contributed by atoms with Crippen LogP contribution in [0, 0.1) is 5.92 Å². The third kappa shape index (κ3) is 5.43. The minimum absolute atomic E-state index is 0. The molecule has 2 unspecified atom stereocenters. The molecule has 1 aromatic rings. The van der Waals surface area contributed by atoms with E-state index in [9.17, 15) is 4.79 Å². The molecule has 20 heavy (non-hydrogen) atoms. The van der Waals surface area contributed by atoms with Crippen molar-refractivity contribution in [3.05, 3.63) is 34.3 Å². The topological polar surface area (TPSA) is 55.1 Å². The van der Waals surface area contributed by atoms with Gasteiger partial charge < -0.3 is 11.1 Å². The molecule has 1 fully saturated rings. The summed E-state index contributed by atoms with van der Waals surface area (Å²) in [5.74, 6) is 0.476. The highest BCUT2D eigenvalue weighted by atomic mass is 79.9. The minimum atomic E-state index is 0. The maximum absolute atomic E-state index is 11.9. The average Bonchev–Trinajstić information content (AvgIpc) is 2.41. The molecule has 0 aliphatic heterocycles. The second kappa shape index (κ2) is 8.65. The molecular weight excluding hydrogens is 340 g/mol. The van der Waals surface area contributed by atoms with Gasteiger partial charge >= 0.3 is 0 Å². The van der Waals surface area contributed by atoms with Gasteiger partial charge in [-0.1, -0.05) is 40.9 Å². The van der Waals surface area contributed by atoms with Gasteiger partial charge in [-0.15, -0.1) is 12.4 Å². The summed E-state index contributed by atoms with van der Waals surface area (Å²) in [4.78, 5) is 11.9. The Morgan fingerprint density at radius 3 is 2.55 bits per heavy atom. The van der Waals surface area contributed by atoms with Crippen LogP contribution in [-0.2, 0) is 11.3 Å². The van der Waals surface area contributed by atoms with Crippen LogP contribution in [0.2, 0.25) is 0 Å². The first-order chi connectivity index (χ1) is 9.15. The number of carbonyl (C=O) groups is 1. The molecule has 1 aliphatic carbocycles. The standard InChI is InChI=1S/C15H21BrN2O.ClH/c16-13-7-5-11(6-8-13)10-18-15(19)9-12-3-1-2-4-14(12)17;/h5-8,12,14H,1-4,9-10,17H2,(H,18,19);1H. The Hall–Kier alpha value is -0.580. The highest BCUT2D eigenvalue weighted by molar-refractivity contribution is 9.10. The first-order valence-corrected chi connectivity index (χ1v) is 7.71. The van der Waals surface area contributed by atoms with E-state index < -0.39 is 0 Å². The van der Waals surface area contributed by atoms with E-state index >= 15 is 0 Å². The van der Waals surface area contributed by atoms with Crippen molar-refractivity contribution >= 4 is 34.2 Å². The second-order valence-corrected chi connectivity index (χ2v) is 6.23. The molecule has 1 amide bonds. The fourth-order valence-corrected chi connectivity index (χ4v) is 2.87. The number of carbonyl (C=O) groups excluding carboxylic acids is 1. The minimum Gasteiger partial charge on any atom is -0.352 e. The van der Waals surface area contributed by atoms with E-state index in [1.54, 1.807) is 0 Å². The SMILES string of the molecule is Cl.NC1CCCCC1CC(=O)NCc1ccc(Br)cc1. The van der Waals surface area contributed by atoms with Crippen molar-refractivity contribution < 1.29 is 4.79 Å². The lowest BCUT2D eigenvalue weighted by Crippen LogP contribution is -2.36. The van der Waals surface area contributed by atoms with Crippen molar-refractivity contribution in [1.29, 1.82) is 0 Å². The molecule has 3 nitrogen and oxygen atoms in total. The van der Waals surface area contributed by atoms with Gasteiger partial charge in [0.2, 0.25) is 5.91 Å². The van der Waals surface area contributed by atoms with Crippen molar-refractivity contribution in [2.75, 3.05) is 0 Å². The van der Waals surface area contributed by atoms with Crippen molar-refractivity contribution in [1.82, 2.24) is 5.32 Å². The number of nitrogens with one attached hydrogen (secondary N) is 1. The molecule has 0 radical (unpaired) electrons. The number of amides is 1. The molecule has 0 saturated heterocycles. The monoisotopic (exact) mass is 360 g/mol. The Morgan fingerprint density at radius 2 is 1.90 bits per heavy atom. The van der Waals surface area contributed by atoms with Gasteiger partial charge in [-0.2, -0.15) is 0 Å². The summed E-state index contributed by atoms with van der Waals surface area (Å²) >= 11 is 3.40. The molecule has 1 aromatic carbocycles. The number of hydrogen-bond donors (Lipinski definition) is 2. The van der Waals surface area contributed by atoms with E-state index in [2.05, 4.69) is 21.2 Å². The zero-order valence-corrected chi connectivity index (χ0v) is 13.9. The van der Waals surface area contributed by atoms with Gasteiger partial charge in [-0.05, 0) is 36.5 Å². The molecule has 5 heteroatoms. The molecule has 1 aliphatic rings. The smallest absolute Gasteiger partial charge is 0.220 e. The summed E-state index contributed by atoms with van der Waals surface area (Å²) in [6, 6.07) is 8.19. The van der Waals surface area contributed by atoms with Gasteiger partial charge in [0.25, 0.3) is 0 Å². The fraction of sp³-hybridized carbons (Fsp3) is 0.533. The molecule has 112 valence electrons. The van der Waals surface area contributed by atoms with Crippen LogP contribution in [0.3, 0.4) is 0 Å². The van der Waals surface area contributed by atoms with Crippen LogP contribution in [0.4, 0.5) is 0 Å². The number of nitrogens with two attached hydrogens (primary N) is 1. The number of benzene rings is 1. The summed E-state index contributed by atoms with van der Waals surface area (Å²) in [7, 11) is 0. The number of halogens is 2. The van der Waals surface area contributed by atoms with Gasteiger partial charge in [-0.3, -0.25) is 4.79 Å². The fourth-order valence-electron chi connectivity index (χ4n) is 2.60. The third-order valence-electron chi connectivity index (χ3n) is 3.82. The lowest BCUT2D eigenvalue weighted by atomic mass is 9.83. The van der Waals surface area contributed by atoms with Crippen LogP contribution < -0.4 is 11.1 Å². The normalized spacial score (nSPS) is 21.9. The molecule has 2 atom stereocenters. The van der Waals surface area contributed by atoms with E-state index in [0.717, 1.165) is 22.9 Å². The lowest BCUT2D eigenvalue weighted by Gasteiger charge is -2.27. The zero-order chi connectivity index (χ0) is 13.7. The summed E-state index contributed by atoms with van der Waals surface area (Å²) in [6.07, 6.45) is 5.13. The van der Waals surface area contributed by atoms with Crippen LogP contribution in [-0.4, -0.2) is 11.9 Å². The molecule has 3 N–H and O–H groups in total. The molecule has 0 aromatic heterocycles. The van der Waals surface area contributed by atoms with Gasteiger partial charge in [-0.25, -0.2) is 0 Å². The van der Waals surface area contributed by atoms with Gasteiger partial charge in [0.1, 0.15) is 0 Å². The Bertz CT molecular complexity index is 424. The van der Waals surface area contributed by atoms with Gasteiger partial charge in [0.05, 0.1) is 0 Å². The second-order valence-electron chi connectivity index (χ2n) is 5.32. The highest BCUT2D eigenvalue weighted by Gasteiger charge is 2.23. The zero-order valence-electron chi connectivity index (χ0n) is 11.5. The quantitative estimate of drug-likeness (QED) is 0.863. The van der Waals surface area contributed by atoms with Gasteiger partial charge in [0, 0.05) is 23.5 Å². The van der Waals surface area contributed by atoms with Crippen LogP contribution >= 0.6 is 28.3 Å². The first kappa shape index (κ1) is 17.5. The predicted molar refractivity (Wildman–Crippen MR) is 87.8 cm³/mol. The maximum Gasteiger partial charge on any atom is 0.220 e. The molecule has 0 heterocycles. The Balaban J connectivity index is 0.00000200. The molecule has 0 bridgehead atoms. The summed E-state index contributed by atoms with van der Waals surface area (Å²) < 4.78 is 1.05. The van der Waals surface area contributed by atoms with E-state index in [0.29, 0.717) is 18.9 Å².